The largest absolute Gasteiger partial charge is 0.369 e. The molecule has 0 saturated carbocycles. The lowest BCUT2D eigenvalue weighted by molar-refractivity contribution is -0.126. The average Bonchev–Trinajstić information content (AvgIpc) is 2.71. The van der Waals surface area contributed by atoms with Crippen LogP contribution < -0.4 is 10.2 Å². The van der Waals surface area contributed by atoms with Crippen LogP contribution in [0.1, 0.15) is 24.8 Å². The Bertz CT molecular complexity index is 791. The molecule has 0 spiro atoms. The topological polar surface area (TPSA) is 73.0 Å². The number of hydrogen-bond donors (Lipinski definition) is 1. The third-order valence-electron chi connectivity index (χ3n) is 5.91. The van der Waals surface area contributed by atoms with Crippen molar-refractivity contribution < 1.29 is 13.2 Å². The normalized spacial score (nSPS) is 21.9. The van der Waals surface area contributed by atoms with Crippen molar-refractivity contribution in [1.29, 1.82) is 0 Å². The molecule has 29 heavy (non-hydrogen) atoms. The van der Waals surface area contributed by atoms with Gasteiger partial charge in [0, 0.05) is 51.5 Å². The van der Waals surface area contributed by atoms with Gasteiger partial charge in [0.2, 0.25) is 15.9 Å². The maximum Gasteiger partial charge on any atom is 0.224 e. The lowest BCUT2D eigenvalue weighted by atomic mass is 9.99. The number of hydrogen-bond acceptors (Lipinski definition) is 5. The lowest BCUT2D eigenvalue weighted by Crippen LogP contribution is -2.47. The summed E-state index contributed by atoms with van der Waals surface area (Å²) in [7, 11) is -3.22. The Morgan fingerprint density at radius 3 is 2.62 bits per heavy atom. The Hall–Kier alpha value is -1.64. The van der Waals surface area contributed by atoms with Gasteiger partial charge in [0.25, 0.3) is 0 Å². The molecule has 1 amide bonds. The second-order valence-electron chi connectivity index (χ2n) is 8.27. The van der Waals surface area contributed by atoms with Gasteiger partial charge in [0.05, 0.1) is 12.2 Å². The third kappa shape index (κ3) is 6.42. The van der Waals surface area contributed by atoms with Crippen LogP contribution in [-0.4, -0.2) is 82.1 Å². The predicted octanol–water partition coefficient (Wildman–Crippen LogP) is 1.29. The smallest absolute Gasteiger partial charge is 0.224 e. The number of anilines is 1. The summed E-state index contributed by atoms with van der Waals surface area (Å²) in [6.45, 7) is 8.71. The number of piperidine rings is 1. The molecule has 2 aliphatic rings. The van der Waals surface area contributed by atoms with Crippen molar-refractivity contribution in [1.82, 2.24) is 14.5 Å². The van der Waals surface area contributed by atoms with Gasteiger partial charge in [-0.05, 0) is 50.4 Å². The molecule has 1 unspecified atom stereocenters. The van der Waals surface area contributed by atoms with E-state index in [1.807, 2.05) is 0 Å². The molecule has 0 aromatic heterocycles. The van der Waals surface area contributed by atoms with Crippen LogP contribution in [0.15, 0.2) is 24.3 Å². The van der Waals surface area contributed by atoms with Crippen molar-refractivity contribution in [3.05, 3.63) is 29.8 Å². The molecule has 162 valence electrons. The first-order valence-corrected chi connectivity index (χ1v) is 12.4. The molecular formula is C21H34N4O3S. The quantitative estimate of drug-likeness (QED) is 0.671. The highest BCUT2D eigenvalue weighted by molar-refractivity contribution is 7.88. The van der Waals surface area contributed by atoms with Crippen LogP contribution in [0.25, 0.3) is 0 Å². The van der Waals surface area contributed by atoms with Crippen molar-refractivity contribution in [2.75, 3.05) is 63.5 Å². The fourth-order valence-corrected chi connectivity index (χ4v) is 5.08. The van der Waals surface area contributed by atoms with Gasteiger partial charge in [0.15, 0.2) is 0 Å². The lowest BCUT2D eigenvalue weighted by Gasteiger charge is -2.36. The van der Waals surface area contributed by atoms with Crippen LogP contribution >= 0.6 is 0 Å². The minimum absolute atomic E-state index is 0.0115. The Morgan fingerprint density at radius 1 is 1.17 bits per heavy atom. The van der Waals surface area contributed by atoms with Crippen LogP contribution in [-0.2, 0) is 14.8 Å². The first-order valence-electron chi connectivity index (χ1n) is 10.6. The predicted molar refractivity (Wildman–Crippen MR) is 117 cm³/mol. The van der Waals surface area contributed by atoms with Gasteiger partial charge in [-0.1, -0.05) is 12.1 Å². The van der Waals surface area contributed by atoms with Crippen LogP contribution in [0.4, 0.5) is 5.69 Å². The van der Waals surface area contributed by atoms with Crippen LogP contribution in [0.5, 0.6) is 0 Å². The average molecular weight is 423 g/mol. The van der Waals surface area contributed by atoms with Crippen molar-refractivity contribution in [3.63, 3.8) is 0 Å². The minimum Gasteiger partial charge on any atom is -0.369 e. The molecule has 1 N–H and O–H groups in total. The van der Waals surface area contributed by atoms with Gasteiger partial charge in [-0.25, -0.2) is 12.7 Å². The number of piperazine rings is 1. The summed E-state index contributed by atoms with van der Waals surface area (Å²) in [5, 5.41) is 3.01. The van der Waals surface area contributed by atoms with Crippen molar-refractivity contribution in [2.24, 2.45) is 5.92 Å². The number of carbonyl (C=O) groups excluding carboxylic acids is 1. The van der Waals surface area contributed by atoms with Gasteiger partial charge in [-0.2, -0.15) is 0 Å². The number of benzene rings is 1. The molecule has 2 saturated heterocycles. The van der Waals surface area contributed by atoms with E-state index in [2.05, 4.69) is 46.3 Å². The third-order valence-corrected chi connectivity index (χ3v) is 7.18. The second kappa shape index (κ2) is 9.91. The molecule has 7 nitrogen and oxygen atoms in total. The Labute approximate surface area is 175 Å². The summed E-state index contributed by atoms with van der Waals surface area (Å²) in [5.74, 6) is -0.237. The summed E-state index contributed by atoms with van der Waals surface area (Å²) >= 11 is 0. The van der Waals surface area contributed by atoms with Gasteiger partial charge in [-0.15, -0.1) is 0 Å². The number of amides is 1. The summed E-state index contributed by atoms with van der Waals surface area (Å²) in [6.07, 6.45) is 3.64. The first kappa shape index (κ1) is 22.1. The van der Waals surface area contributed by atoms with Crippen molar-refractivity contribution in [3.8, 4) is 0 Å². The maximum atomic E-state index is 12.4. The van der Waals surface area contributed by atoms with Crippen LogP contribution in [0.3, 0.4) is 0 Å². The molecule has 0 bridgehead atoms. The zero-order valence-electron chi connectivity index (χ0n) is 17.6. The zero-order chi connectivity index (χ0) is 20.9. The van der Waals surface area contributed by atoms with Gasteiger partial charge in [-0.3, -0.25) is 9.69 Å². The second-order valence-corrected chi connectivity index (χ2v) is 10.3. The van der Waals surface area contributed by atoms with E-state index in [1.165, 1.54) is 21.8 Å². The molecule has 1 aromatic carbocycles. The summed E-state index contributed by atoms with van der Waals surface area (Å²) in [5.41, 5.74) is 2.59. The fraction of sp³-hybridized carbons (Fsp3) is 0.667. The van der Waals surface area contributed by atoms with Gasteiger partial charge < -0.3 is 10.2 Å². The standard InChI is InChI=1S/C21H34N4O3S/c1-18-6-3-8-20(16-18)24-14-12-23(13-15-24)10-5-9-22-21(26)19-7-4-11-25(17-19)29(2,27)28/h3,6,8,16,19H,4-5,7,9-15,17H2,1-2H3,(H,22,26). The Balaban J connectivity index is 1.33. The first-order chi connectivity index (χ1) is 13.8. The van der Waals surface area contributed by atoms with Crippen LogP contribution in [0, 0.1) is 12.8 Å². The molecule has 3 rings (SSSR count). The Morgan fingerprint density at radius 2 is 1.93 bits per heavy atom. The van der Waals surface area contributed by atoms with Crippen molar-refractivity contribution >= 4 is 21.6 Å². The molecule has 0 radical (unpaired) electrons. The van der Waals surface area contributed by atoms with E-state index < -0.39 is 10.0 Å². The van der Waals surface area contributed by atoms with Gasteiger partial charge >= 0.3 is 0 Å². The van der Waals surface area contributed by atoms with E-state index in [-0.39, 0.29) is 11.8 Å². The number of nitrogens with zero attached hydrogens (tertiary/aromatic N) is 3. The van der Waals surface area contributed by atoms with Crippen molar-refractivity contribution in [2.45, 2.75) is 26.2 Å². The molecule has 2 heterocycles. The highest BCUT2D eigenvalue weighted by Crippen LogP contribution is 2.19. The van der Waals surface area contributed by atoms with E-state index in [9.17, 15) is 13.2 Å². The molecule has 0 aliphatic carbocycles. The number of carbonyl (C=O) groups is 1. The van der Waals surface area contributed by atoms with E-state index in [4.69, 9.17) is 0 Å². The number of aryl methyl sites for hydroxylation is 1. The maximum absolute atomic E-state index is 12.4. The SMILES string of the molecule is Cc1cccc(N2CCN(CCCNC(=O)C3CCCN(S(C)(=O)=O)C3)CC2)c1. The minimum atomic E-state index is -3.22. The molecule has 1 atom stereocenters. The van der Waals surface area contributed by atoms with E-state index >= 15 is 0 Å². The number of nitrogens with one attached hydrogen (secondary N) is 1. The highest BCUT2D eigenvalue weighted by atomic mass is 32.2. The van der Waals surface area contributed by atoms with E-state index in [0.29, 0.717) is 19.6 Å². The van der Waals surface area contributed by atoms with Crippen LogP contribution in [0.2, 0.25) is 0 Å². The zero-order valence-corrected chi connectivity index (χ0v) is 18.5. The molecule has 2 fully saturated rings. The summed E-state index contributed by atoms with van der Waals surface area (Å²) in [4.78, 5) is 17.3. The molecule has 8 heteroatoms. The summed E-state index contributed by atoms with van der Waals surface area (Å²) in [6, 6.07) is 8.65. The number of rotatable bonds is 7. The van der Waals surface area contributed by atoms with Gasteiger partial charge in [0.1, 0.15) is 0 Å². The fourth-order valence-electron chi connectivity index (χ4n) is 4.17. The summed E-state index contributed by atoms with van der Waals surface area (Å²) < 4.78 is 24.8. The monoisotopic (exact) mass is 422 g/mol. The van der Waals surface area contributed by atoms with E-state index in [1.54, 1.807) is 0 Å². The van der Waals surface area contributed by atoms with E-state index in [0.717, 1.165) is 52.0 Å². The Kier molecular flexibility index (Phi) is 7.54. The molecule has 1 aromatic rings. The highest BCUT2D eigenvalue weighted by Gasteiger charge is 2.29. The molecule has 2 aliphatic heterocycles. The number of sulfonamides is 1. The molecular weight excluding hydrogens is 388 g/mol.